The molecule has 7 heteroatoms. The van der Waals surface area contributed by atoms with E-state index in [1.165, 1.54) is 19.2 Å². The van der Waals surface area contributed by atoms with Crippen molar-refractivity contribution in [3.8, 4) is 5.75 Å². The highest BCUT2D eigenvalue weighted by atomic mass is 32.2. The summed E-state index contributed by atoms with van der Waals surface area (Å²) in [6.45, 7) is 3.04. The first-order valence-corrected chi connectivity index (χ1v) is 9.98. The Balaban J connectivity index is 1.91. The highest BCUT2D eigenvalue weighted by Crippen LogP contribution is 2.19. The largest absolute Gasteiger partial charge is 0.494 e. The fourth-order valence-electron chi connectivity index (χ4n) is 2.51. The zero-order valence-electron chi connectivity index (χ0n) is 15.0. The molecule has 0 bridgehead atoms. The molecule has 0 unspecified atom stereocenters. The molecule has 0 heterocycles. The minimum Gasteiger partial charge on any atom is -0.494 e. The summed E-state index contributed by atoms with van der Waals surface area (Å²) in [7, 11) is -2.23. The van der Waals surface area contributed by atoms with Gasteiger partial charge in [0.15, 0.2) is 0 Å². The molecule has 0 atom stereocenters. The van der Waals surface area contributed by atoms with Crippen LogP contribution in [0.2, 0.25) is 0 Å². The lowest BCUT2D eigenvalue weighted by atomic mass is 10.1. The molecule has 0 aliphatic heterocycles. The maximum absolute atomic E-state index is 12.2. The van der Waals surface area contributed by atoms with E-state index in [0.29, 0.717) is 18.7 Å². The minimum atomic E-state index is -3.57. The number of sulfonamides is 1. The fraction of sp³-hybridized carbons (Fsp3) is 0.316. The lowest BCUT2D eigenvalue weighted by Gasteiger charge is -2.10. The molecule has 0 fully saturated rings. The highest BCUT2D eigenvalue weighted by Gasteiger charge is 2.14. The second kappa shape index (κ2) is 9.35. The topological polar surface area (TPSA) is 84.5 Å². The number of hydrogen-bond acceptors (Lipinski definition) is 4. The number of amides is 1. The number of benzene rings is 2. The Morgan fingerprint density at radius 3 is 2.62 bits per heavy atom. The van der Waals surface area contributed by atoms with Crippen molar-refractivity contribution < 1.29 is 17.9 Å². The first kappa shape index (κ1) is 19.9. The summed E-state index contributed by atoms with van der Waals surface area (Å²) in [5.74, 6) is 0.572. The maximum Gasteiger partial charge on any atom is 0.251 e. The van der Waals surface area contributed by atoms with E-state index in [1.807, 2.05) is 31.2 Å². The molecule has 0 spiro atoms. The summed E-state index contributed by atoms with van der Waals surface area (Å²) < 4.78 is 31.5. The molecule has 0 aliphatic carbocycles. The maximum atomic E-state index is 12.2. The van der Waals surface area contributed by atoms with Gasteiger partial charge in [-0.25, -0.2) is 13.1 Å². The molecule has 0 radical (unpaired) electrons. The smallest absolute Gasteiger partial charge is 0.251 e. The molecule has 0 saturated carbocycles. The minimum absolute atomic E-state index is 0.0679. The Labute approximate surface area is 154 Å². The van der Waals surface area contributed by atoms with E-state index in [0.717, 1.165) is 24.2 Å². The Hall–Kier alpha value is -2.38. The number of ether oxygens (including phenoxy) is 1. The monoisotopic (exact) mass is 376 g/mol. The Kier molecular flexibility index (Phi) is 7.17. The molecule has 2 rings (SSSR count). The number of nitrogens with one attached hydrogen (secondary N) is 2. The van der Waals surface area contributed by atoms with Crippen LogP contribution in [-0.2, 0) is 16.4 Å². The van der Waals surface area contributed by atoms with Crippen LogP contribution in [0.4, 0.5) is 0 Å². The number of aryl methyl sites for hydroxylation is 1. The average Bonchev–Trinajstić information content (AvgIpc) is 2.66. The number of para-hydroxylation sites is 1. The fourth-order valence-corrected chi connectivity index (χ4v) is 3.29. The van der Waals surface area contributed by atoms with Crippen LogP contribution in [-0.4, -0.2) is 34.5 Å². The van der Waals surface area contributed by atoms with E-state index in [4.69, 9.17) is 4.74 Å². The SMILES string of the molecule is CCOc1ccccc1CCCNC(=O)c1cccc(S(=O)(=O)NC)c1. The summed E-state index contributed by atoms with van der Waals surface area (Å²) in [5, 5.41) is 2.82. The van der Waals surface area contributed by atoms with Crippen molar-refractivity contribution in [3.05, 3.63) is 59.7 Å². The van der Waals surface area contributed by atoms with Crippen molar-refractivity contribution in [2.24, 2.45) is 0 Å². The molecule has 6 nitrogen and oxygen atoms in total. The van der Waals surface area contributed by atoms with Crippen molar-refractivity contribution in [1.29, 1.82) is 0 Å². The lowest BCUT2D eigenvalue weighted by Crippen LogP contribution is -2.25. The van der Waals surface area contributed by atoms with Gasteiger partial charge in [0.2, 0.25) is 10.0 Å². The molecular formula is C19H24N2O4S. The van der Waals surface area contributed by atoms with E-state index < -0.39 is 10.0 Å². The van der Waals surface area contributed by atoms with Crippen molar-refractivity contribution in [2.75, 3.05) is 20.2 Å². The Bertz CT molecular complexity index is 850. The van der Waals surface area contributed by atoms with Crippen LogP contribution in [0.15, 0.2) is 53.4 Å². The van der Waals surface area contributed by atoms with Crippen LogP contribution >= 0.6 is 0 Å². The third-order valence-electron chi connectivity index (χ3n) is 3.86. The van der Waals surface area contributed by atoms with Crippen LogP contribution in [0.3, 0.4) is 0 Å². The molecule has 1 amide bonds. The molecule has 0 saturated heterocycles. The van der Waals surface area contributed by atoms with E-state index in [1.54, 1.807) is 12.1 Å². The van der Waals surface area contributed by atoms with Gasteiger partial charge >= 0.3 is 0 Å². The second-order valence-corrected chi connectivity index (χ2v) is 7.52. The van der Waals surface area contributed by atoms with Gasteiger partial charge in [0.1, 0.15) is 5.75 Å². The molecular weight excluding hydrogens is 352 g/mol. The van der Waals surface area contributed by atoms with Crippen LogP contribution in [0.1, 0.15) is 29.3 Å². The lowest BCUT2D eigenvalue weighted by molar-refractivity contribution is 0.0953. The molecule has 2 N–H and O–H groups in total. The van der Waals surface area contributed by atoms with Crippen LogP contribution in [0.25, 0.3) is 0 Å². The zero-order valence-corrected chi connectivity index (χ0v) is 15.8. The summed E-state index contributed by atoms with van der Waals surface area (Å²) in [5.41, 5.74) is 1.42. The van der Waals surface area contributed by atoms with Gasteiger partial charge in [-0.1, -0.05) is 24.3 Å². The molecule has 0 aromatic heterocycles. The Morgan fingerprint density at radius 1 is 1.12 bits per heavy atom. The summed E-state index contributed by atoms with van der Waals surface area (Å²) >= 11 is 0. The van der Waals surface area contributed by atoms with Gasteiger partial charge in [-0.05, 0) is 56.6 Å². The molecule has 2 aromatic rings. The van der Waals surface area contributed by atoms with Gasteiger partial charge in [-0.2, -0.15) is 0 Å². The van der Waals surface area contributed by atoms with Crippen LogP contribution in [0, 0.1) is 0 Å². The van der Waals surface area contributed by atoms with E-state index >= 15 is 0 Å². The third kappa shape index (κ3) is 5.31. The van der Waals surface area contributed by atoms with Crippen LogP contribution in [0.5, 0.6) is 5.75 Å². The number of carbonyl (C=O) groups excluding carboxylic acids is 1. The average molecular weight is 376 g/mol. The standard InChI is InChI=1S/C19H24N2O4S/c1-3-25-18-12-5-4-8-15(18)10-7-13-21-19(22)16-9-6-11-17(14-16)26(23,24)20-2/h4-6,8-9,11-12,14,20H,3,7,10,13H2,1-2H3,(H,21,22). The predicted octanol–water partition coefficient (Wildman–Crippen LogP) is 2.36. The van der Waals surface area contributed by atoms with Gasteiger partial charge < -0.3 is 10.1 Å². The van der Waals surface area contributed by atoms with Gasteiger partial charge in [-0.3, -0.25) is 4.79 Å². The zero-order chi connectivity index (χ0) is 19.0. The number of carbonyl (C=O) groups is 1. The van der Waals surface area contributed by atoms with E-state index in [-0.39, 0.29) is 10.8 Å². The van der Waals surface area contributed by atoms with Gasteiger partial charge in [-0.15, -0.1) is 0 Å². The quantitative estimate of drug-likeness (QED) is 0.658. The molecule has 0 aliphatic rings. The third-order valence-corrected chi connectivity index (χ3v) is 5.27. The predicted molar refractivity (Wildman–Crippen MR) is 101 cm³/mol. The normalized spacial score (nSPS) is 11.2. The van der Waals surface area contributed by atoms with Crippen molar-refractivity contribution in [2.45, 2.75) is 24.7 Å². The highest BCUT2D eigenvalue weighted by molar-refractivity contribution is 7.89. The van der Waals surface area contributed by atoms with Gasteiger partial charge in [0.25, 0.3) is 5.91 Å². The number of rotatable bonds is 9. The second-order valence-electron chi connectivity index (χ2n) is 5.64. The summed E-state index contributed by atoms with van der Waals surface area (Å²) in [6.07, 6.45) is 1.54. The number of hydrogen-bond donors (Lipinski definition) is 2. The summed E-state index contributed by atoms with van der Waals surface area (Å²) in [6, 6.07) is 13.8. The molecule has 140 valence electrons. The van der Waals surface area contributed by atoms with Crippen LogP contribution < -0.4 is 14.8 Å². The van der Waals surface area contributed by atoms with Gasteiger partial charge in [0.05, 0.1) is 11.5 Å². The molecule has 26 heavy (non-hydrogen) atoms. The Morgan fingerprint density at radius 2 is 1.88 bits per heavy atom. The van der Waals surface area contributed by atoms with Crippen molar-refractivity contribution in [1.82, 2.24) is 10.0 Å². The first-order chi connectivity index (χ1) is 12.5. The van der Waals surface area contributed by atoms with Gasteiger partial charge in [0, 0.05) is 12.1 Å². The van der Waals surface area contributed by atoms with E-state index in [9.17, 15) is 13.2 Å². The summed E-state index contributed by atoms with van der Waals surface area (Å²) in [4.78, 5) is 12.3. The van der Waals surface area contributed by atoms with Crippen molar-refractivity contribution >= 4 is 15.9 Å². The van der Waals surface area contributed by atoms with E-state index in [2.05, 4.69) is 10.0 Å². The van der Waals surface area contributed by atoms with Crippen molar-refractivity contribution in [3.63, 3.8) is 0 Å². The molecule has 2 aromatic carbocycles. The first-order valence-electron chi connectivity index (χ1n) is 8.50.